The smallest absolute Gasteiger partial charge is 0.220 e. The van der Waals surface area contributed by atoms with Gasteiger partial charge in [0.2, 0.25) is 5.91 Å². The van der Waals surface area contributed by atoms with Crippen LogP contribution in [-0.2, 0) is 11.3 Å². The van der Waals surface area contributed by atoms with Gasteiger partial charge in [0.1, 0.15) is 5.75 Å². The molecule has 0 atom stereocenters. The number of hydrogen-bond acceptors (Lipinski definition) is 3. The van der Waals surface area contributed by atoms with Crippen LogP contribution in [0.4, 0.5) is 0 Å². The van der Waals surface area contributed by atoms with Crippen LogP contribution in [0.15, 0.2) is 24.3 Å². The number of aromatic hydroxyl groups is 1. The zero-order valence-electron chi connectivity index (χ0n) is 9.07. The van der Waals surface area contributed by atoms with Crippen molar-refractivity contribution in [3.8, 4) is 5.75 Å². The minimum absolute atomic E-state index is 0.0968. The summed E-state index contributed by atoms with van der Waals surface area (Å²) in [6, 6.07) is 6.86. The Morgan fingerprint density at radius 1 is 1.38 bits per heavy atom. The van der Waals surface area contributed by atoms with Gasteiger partial charge in [0.15, 0.2) is 0 Å². The van der Waals surface area contributed by atoms with E-state index in [4.69, 9.17) is 5.11 Å². The largest absolute Gasteiger partial charge is 0.508 e. The fraction of sp³-hybridized carbons (Fsp3) is 0.417. The topological polar surface area (TPSA) is 61.4 Å². The molecule has 86 valence electrons. The van der Waals surface area contributed by atoms with Crippen molar-refractivity contribution in [2.24, 2.45) is 5.92 Å². The van der Waals surface area contributed by atoms with Crippen LogP contribution in [0.25, 0.3) is 0 Å². The normalized spacial score (nSPS) is 15.5. The minimum Gasteiger partial charge on any atom is -0.508 e. The Bertz CT molecular complexity index is 358. The molecule has 1 fully saturated rings. The first-order chi connectivity index (χ1) is 7.74. The molecule has 2 rings (SSSR count). The van der Waals surface area contributed by atoms with Crippen molar-refractivity contribution in [2.75, 3.05) is 13.1 Å². The molecule has 1 saturated heterocycles. The third-order valence-electron chi connectivity index (χ3n) is 2.77. The molecule has 3 N–H and O–H groups in total. The number of phenolic OH excluding ortho intramolecular Hbond substituents is 1. The fourth-order valence-corrected chi connectivity index (χ4v) is 1.64. The SMILES string of the molecule is O=C(CC1CNC1)NCc1ccc(O)cc1. The second-order valence-electron chi connectivity index (χ2n) is 4.17. The van der Waals surface area contributed by atoms with Crippen molar-refractivity contribution in [3.63, 3.8) is 0 Å². The zero-order chi connectivity index (χ0) is 11.4. The molecule has 0 radical (unpaired) electrons. The molecule has 1 aromatic carbocycles. The molecule has 1 heterocycles. The van der Waals surface area contributed by atoms with Gasteiger partial charge in [0.05, 0.1) is 0 Å². The molecule has 4 heteroatoms. The van der Waals surface area contributed by atoms with Crippen LogP contribution < -0.4 is 10.6 Å². The van der Waals surface area contributed by atoms with Crippen molar-refractivity contribution in [2.45, 2.75) is 13.0 Å². The summed E-state index contributed by atoms with van der Waals surface area (Å²) >= 11 is 0. The molecule has 1 aromatic rings. The number of amides is 1. The van der Waals surface area contributed by atoms with Crippen LogP contribution in [0.3, 0.4) is 0 Å². The van der Waals surface area contributed by atoms with Gasteiger partial charge in [-0.25, -0.2) is 0 Å². The number of nitrogens with one attached hydrogen (secondary N) is 2. The minimum atomic E-state index is 0.0968. The summed E-state index contributed by atoms with van der Waals surface area (Å²) in [6.45, 7) is 2.43. The number of carbonyl (C=O) groups excluding carboxylic acids is 1. The summed E-state index contributed by atoms with van der Waals surface area (Å²) in [7, 11) is 0. The van der Waals surface area contributed by atoms with E-state index in [9.17, 15) is 4.79 Å². The first-order valence-corrected chi connectivity index (χ1v) is 5.49. The van der Waals surface area contributed by atoms with Crippen LogP contribution in [-0.4, -0.2) is 24.1 Å². The fourth-order valence-electron chi connectivity index (χ4n) is 1.64. The van der Waals surface area contributed by atoms with Crippen molar-refractivity contribution in [1.82, 2.24) is 10.6 Å². The molecular weight excluding hydrogens is 204 g/mol. The highest BCUT2D eigenvalue weighted by atomic mass is 16.3. The monoisotopic (exact) mass is 220 g/mol. The Morgan fingerprint density at radius 2 is 2.06 bits per heavy atom. The molecule has 4 nitrogen and oxygen atoms in total. The molecule has 0 aliphatic carbocycles. The van der Waals surface area contributed by atoms with E-state index >= 15 is 0 Å². The Morgan fingerprint density at radius 3 is 2.62 bits per heavy atom. The number of carbonyl (C=O) groups is 1. The van der Waals surface area contributed by atoms with Gasteiger partial charge in [0.25, 0.3) is 0 Å². The maximum absolute atomic E-state index is 11.5. The Kier molecular flexibility index (Phi) is 3.41. The Labute approximate surface area is 94.7 Å². The third kappa shape index (κ3) is 2.97. The van der Waals surface area contributed by atoms with Gasteiger partial charge < -0.3 is 15.7 Å². The molecule has 1 amide bonds. The van der Waals surface area contributed by atoms with Gasteiger partial charge in [-0.2, -0.15) is 0 Å². The molecule has 1 aliphatic rings. The summed E-state index contributed by atoms with van der Waals surface area (Å²) < 4.78 is 0. The highest BCUT2D eigenvalue weighted by Gasteiger charge is 2.19. The van der Waals surface area contributed by atoms with Gasteiger partial charge in [-0.05, 0) is 36.7 Å². The van der Waals surface area contributed by atoms with Crippen molar-refractivity contribution < 1.29 is 9.90 Å². The molecule has 0 spiro atoms. The molecule has 1 aliphatic heterocycles. The second kappa shape index (κ2) is 4.99. The molecule has 0 bridgehead atoms. The summed E-state index contributed by atoms with van der Waals surface area (Å²) in [5.74, 6) is 0.843. The van der Waals surface area contributed by atoms with E-state index in [1.165, 1.54) is 0 Å². The molecule has 0 aromatic heterocycles. The summed E-state index contributed by atoms with van der Waals surface area (Å²) in [6.07, 6.45) is 0.602. The van der Waals surface area contributed by atoms with Gasteiger partial charge in [-0.15, -0.1) is 0 Å². The van der Waals surface area contributed by atoms with Crippen LogP contribution >= 0.6 is 0 Å². The van der Waals surface area contributed by atoms with E-state index in [2.05, 4.69) is 10.6 Å². The second-order valence-corrected chi connectivity index (χ2v) is 4.17. The van der Waals surface area contributed by atoms with Crippen molar-refractivity contribution >= 4 is 5.91 Å². The number of phenols is 1. The lowest BCUT2D eigenvalue weighted by atomic mass is 9.99. The summed E-state index contributed by atoms with van der Waals surface area (Å²) in [5, 5.41) is 15.1. The Hall–Kier alpha value is -1.55. The average molecular weight is 220 g/mol. The highest BCUT2D eigenvalue weighted by Crippen LogP contribution is 2.10. The van der Waals surface area contributed by atoms with E-state index in [1.807, 2.05) is 0 Å². The lowest BCUT2D eigenvalue weighted by Gasteiger charge is -2.26. The average Bonchev–Trinajstić information content (AvgIpc) is 2.23. The number of benzene rings is 1. The summed E-state index contributed by atoms with van der Waals surface area (Å²) in [5.41, 5.74) is 0.998. The maximum Gasteiger partial charge on any atom is 0.220 e. The number of hydrogen-bond donors (Lipinski definition) is 3. The maximum atomic E-state index is 11.5. The zero-order valence-corrected chi connectivity index (χ0v) is 9.07. The molecule has 16 heavy (non-hydrogen) atoms. The van der Waals surface area contributed by atoms with E-state index in [0.29, 0.717) is 18.9 Å². The van der Waals surface area contributed by atoms with Gasteiger partial charge in [0, 0.05) is 13.0 Å². The van der Waals surface area contributed by atoms with Crippen molar-refractivity contribution in [1.29, 1.82) is 0 Å². The molecule has 0 saturated carbocycles. The van der Waals surface area contributed by atoms with Gasteiger partial charge in [-0.3, -0.25) is 4.79 Å². The molecular formula is C12H16N2O2. The quantitative estimate of drug-likeness (QED) is 0.697. The third-order valence-corrected chi connectivity index (χ3v) is 2.77. The van der Waals surface area contributed by atoms with E-state index < -0.39 is 0 Å². The van der Waals surface area contributed by atoms with E-state index in [1.54, 1.807) is 24.3 Å². The van der Waals surface area contributed by atoms with E-state index in [-0.39, 0.29) is 11.7 Å². The van der Waals surface area contributed by atoms with Gasteiger partial charge in [-0.1, -0.05) is 12.1 Å². The van der Waals surface area contributed by atoms with Crippen LogP contribution in [0.5, 0.6) is 5.75 Å². The first-order valence-electron chi connectivity index (χ1n) is 5.49. The first kappa shape index (κ1) is 11.0. The van der Waals surface area contributed by atoms with Crippen LogP contribution in [0.2, 0.25) is 0 Å². The highest BCUT2D eigenvalue weighted by molar-refractivity contribution is 5.76. The Balaban J connectivity index is 1.73. The lowest BCUT2D eigenvalue weighted by Crippen LogP contribution is -2.44. The number of rotatable bonds is 4. The standard InChI is InChI=1S/C12H16N2O2/c15-11-3-1-9(2-4-11)8-14-12(16)5-10-6-13-7-10/h1-4,10,13,15H,5-8H2,(H,14,16). The summed E-state index contributed by atoms with van der Waals surface area (Å²) in [4.78, 5) is 11.5. The van der Waals surface area contributed by atoms with Gasteiger partial charge >= 0.3 is 0 Å². The van der Waals surface area contributed by atoms with Crippen LogP contribution in [0.1, 0.15) is 12.0 Å². The van der Waals surface area contributed by atoms with Crippen LogP contribution in [0, 0.1) is 5.92 Å². The van der Waals surface area contributed by atoms with Crippen molar-refractivity contribution in [3.05, 3.63) is 29.8 Å². The molecule has 0 unspecified atom stereocenters. The predicted octanol–water partition coefficient (Wildman–Crippen LogP) is 0.618. The predicted molar refractivity (Wildman–Crippen MR) is 60.9 cm³/mol. The lowest BCUT2D eigenvalue weighted by molar-refractivity contribution is -0.122. The van der Waals surface area contributed by atoms with E-state index in [0.717, 1.165) is 18.7 Å².